The summed E-state index contributed by atoms with van der Waals surface area (Å²) in [6.07, 6.45) is 0. The second-order valence-electron chi connectivity index (χ2n) is 4.24. The molecule has 0 spiro atoms. The molecule has 0 aliphatic heterocycles. The van der Waals surface area contributed by atoms with Gasteiger partial charge in [-0.3, -0.25) is 4.79 Å². The molecule has 2 aromatic carbocycles. The van der Waals surface area contributed by atoms with Gasteiger partial charge in [0, 0.05) is 11.1 Å². The predicted octanol–water partition coefficient (Wildman–Crippen LogP) is 2.40. The standard InChI is InChI=1S/C17H6N4O/c18-7-12-6-13(17(22)11-4-2-1-3-5-11)15(9-20)16(10-21)14(12)8-19/h1-6H. The number of nitriles is 4. The number of benzene rings is 2. The Kier molecular flexibility index (Phi) is 3.96. The van der Waals surface area contributed by atoms with Crippen molar-refractivity contribution < 1.29 is 4.79 Å². The first-order valence-electron chi connectivity index (χ1n) is 6.09. The second kappa shape index (κ2) is 6.02. The molecule has 0 aliphatic rings. The number of hydrogen-bond donors (Lipinski definition) is 0. The average molecular weight is 282 g/mol. The molecule has 0 unspecified atom stereocenters. The fourth-order valence-electron chi connectivity index (χ4n) is 2.04. The molecule has 5 heteroatoms. The van der Waals surface area contributed by atoms with Crippen molar-refractivity contribution in [3.8, 4) is 24.3 Å². The van der Waals surface area contributed by atoms with Crippen molar-refractivity contribution >= 4 is 5.78 Å². The molecule has 0 saturated heterocycles. The van der Waals surface area contributed by atoms with Crippen LogP contribution in [0.25, 0.3) is 0 Å². The predicted molar refractivity (Wildman–Crippen MR) is 75.2 cm³/mol. The van der Waals surface area contributed by atoms with Gasteiger partial charge in [-0.05, 0) is 6.07 Å². The van der Waals surface area contributed by atoms with Crippen LogP contribution < -0.4 is 0 Å². The number of nitrogens with zero attached hydrogens (tertiary/aromatic N) is 4. The third-order valence-electron chi connectivity index (χ3n) is 3.06. The highest BCUT2D eigenvalue weighted by Gasteiger charge is 2.22. The van der Waals surface area contributed by atoms with Gasteiger partial charge >= 0.3 is 0 Å². The van der Waals surface area contributed by atoms with Gasteiger partial charge in [0.1, 0.15) is 24.3 Å². The number of rotatable bonds is 2. The molecule has 5 nitrogen and oxygen atoms in total. The summed E-state index contributed by atoms with van der Waals surface area (Å²) in [5.41, 5.74) is -0.448. The Balaban J connectivity index is 2.82. The van der Waals surface area contributed by atoms with Gasteiger partial charge in [-0.2, -0.15) is 21.0 Å². The molecule has 0 N–H and O–H groups in total. The number of ketones is 1. The fraction of sp³-hybridized carbons (Fsp3) is 0. The highest BCUT2D eigenvalue weighted by Crippen LogP contribution is 2.24. The minimum atomic E-state index is -0.477. The second-order valence-corrected chi connectivity index (χ2v) is 4.24. The number of hydrogen-bond acceptors (Lipinski definition) is 5. The van der Waals surface area contributed by atoms with Crippen molar-refractivity contribution in [2.45, 2.75) is 0 Å². The molecule has 100 valence electrons. The van der Waals surface area contributed by atoms with Gasteiger partial charge in [-0.15, -0.1) is 0 Å². The van der Waals surface area contributed by atoms with Crippen molar-refractivity contribution in [2.24, 2.45) is 0 Å². The molecular formula is C17H6N4O. The van der Waals surface area contributed by atoms with Crippen LogP contribution in [0.3, 0.4) is 0 Å². The zero-order valence-corrected chi connectivity index (χ0v) is 11.2. The molecule has 0 saturated carbocycles. The zero-order chi connectivity index (χ0) is 16.1. The molecule has 0 radical (unpaired) electrons. The van der Waals surface area contributed by atoms with Gasteiger partial charge in [-0.25, -0.2) is 0 Å². The maximum Gasteiger partial charge on any atom is 0.194 e. The van der Waals surface area contributed by atoms with Crippen LogP contribution in [0, 0.1) is 45.3 Å². The first kappa shape index (κ1) is 14.5. The molecule has 0 aliphatic carbocycles. The van der Waals surface area contributed by atoms with E-state index in [4.69, 9.17) is 10.5 Å². The van der Waals surface area contributed by atoms with Gasteiger partial charge in [-0.1, -0.05) is 30.3 Å². The highest BCUT2D eigenvalue weighted by molar-refractivity contribution is 6.11. The summed E-state index contributed by atoms with van der Waals surface area (Å²) in [4.78, 5) is 12.5. The van der Waals surface area contributed by atoms with E-state index >= 15 is 0 Å². The Morgan fingerprint density at radius 2 is 1.36 bits per heavy atom. The largest absolute Gasteiger partial charge is 0.289 e. The van der Waals surface area contributed by atoms with Crippen molar-refractivity contribution in [2.75, 3.05) is 0 Å². The minimum absolute atomic E-state index is 0.0548. The van der Waals surface area contributed by atoms with Crippen LogP contribution in [-0.2, 0) is 0 Å². The quantitative estimate of drug-likeness (QED) is 0.785. The van der Waals surface area contributed by atoms with E-state index in [1.165, 1.54) is 6.07 Å². The van der Waals surface area contributed by atoms with Gasteiger partial charge in [0.25, 0.3) is 0 Å². The van der Waals surface area contributed by atoms with E-state index in [1.54, 1.807) is 54.6 Å². The minimum Gasteiger partial charge on any atom is -0.289 e. The molecule has 22 heavy (non-hydrogen) atoms. The van der Waals surface area contributed by atoms with Crippen molar-refractivity contribution in [1.29, 1.82) is 21.0 Å². The van der Waals surface area contributed by atoms with Crippen LogP contribution in [0.5, 0.6) is 0 Å². The Morgan fingerprint density at radius 1 is 0.773 bits per heavy atom. The van der Waals surface area contributed by atoms with E-state index in [2.05, 4.69) is 0 Å². The fourth-order valence-corrected chi connectivity index (χ4v) is 2.04. The first-order valence-corrected chi connectivity index (χ1v) is 6.09. The van der Waals surface area contributed by atoms with Crippen LogP contribution in [0.1, 0.15) is 38.2 Å². The summed E-state index contributed by atoms with van der Waals surface area (Å²) >= 11 is 0. The Labute approximate surface area is 126 Å². The summed E-state index contributed by atoms with van der Waals surface area (Å²) in [6.45, 7) is 0. The zero-order valence-electron chi connectivity index (χ0n) is 11.2. The molecule has 0 aromatic heterocycles. The Bertz CT molecular complexity index is 932. The van der Waals surface area contributed by atoms with Crippen molar-refractivity contribution in [3.63, 3.8) is 0 Å². The lowest BCUT2D eigenvalue weighted by molar-refractivity contribution is 0.103. The molecular weight excluding hydrogens is 276 g/mol. The summed E-state index contributed by atoms with van der Waals surface area (Å²) in [7, 11) is 0. The third-order valence-corrected chi connectivity index (χ3v) is 3.06. The molecule has 0 atom stereocenters. The molecule has 0 amide bonds. The summed E-state index contributed by atoms with van der Waals surface area (Å²) in [5.74, 6) is -0.477. The maximum absolute atomic E-state index is 12.5. The van der Waals surface area contributed by atoms with E-state index < -0.39 is 5.78 Å². The topological polar surface area (TPSA) is 112 Å². The summed E-state index contributed by atoms with van der Waals surface area (Å²) in [5, 5.41) is 36.6. The van der Waals surface area contributed by atoms with Gasteiger partial charge < -0.3 is 0 Å². The molecule has 0 fully saturated rings. The maximum atomic E-state index is 12.5. The molecule has 0 bridgehead atoms. The first-order chi connectivity index (χ1) is 10.7. The number of carbonyl (C=O) groups excluding carboxylic acids is 1. The normalized spacial score (nSPS) is 8.91. The lowest BCUT2D eigenvalue weighted by atomic mass is 9.90. The van der Waals surface area contributed by atoms with E-state index in [1.807, 2.05) is 0 Å². The molecule has 2 aromatic rings. The third kappa shape index (κ3) is 2.27. The number of carbonyl (C=O) groups is 1. The van der Waals surface area contributed by atoms with Crippen molar-refractivity contribution in [1.82, 2.24) is 0 Å². The monoisotopic (exact) mass is 282 g/mol. The highest BCUT2D eigenvalue weighted by atomic mass is 16.1. The molecule has 0 heterocycles. The van der Waals surface area contributed by atoms with Gasteiger partial charge in [0.15, 0.2) is 5.78 Å². The van der Waals surface area contributed by atoms with Crippen LogP contribution in [0.15, 0.2) is 36.4 Å². The average Bonchev–Trinajstić information content (AvgIpc) is 2.59. The van der Waals surface area contributed by atoms with E-state index in [0.717, 1.165) is 0 Å². The summed E-state index contributed by atoms with van der Waals surface area (Å²) < 4.78 is 0. The Morgan fingerprint density at radius 3 is 1.86 bits per heavy atom. The van der Waals surface area contributed by atoms with Crippen LogP contribution in [0.2, 0.25) is 0 Å². The van der Waals surface area contributed by atoms with Crippen molar-refractivity contribution in [3.05, 3.63) is 69.8 Å². The van der Waals surface area contributed by atoms with Crippen LogP contribution >= 0.6 is 0 Å². The van der Waals surface area contributed by atoms with E-state index in [-0.39, 0.29) is 27.8 Å². The lowest BCUT2D eigenvalue weighted by Crippen LogP contribution is -2.08. The van der Waals surface area contributed by atoms with E-state index in [0.29, 0.717) is 5.56 Å². The smallest absolute Gasteiger partial charge is 0.194 e. The SMILES string of the molecule is N#Cc1cc(C(=O)c2ccccc2)c(C#N)c(C#N)c1C#N. The summed E-state index contributed by atoms with van der Waals surface area (Å²) in [6, 6.07) is 16.4. The van der Waals surface area contributed by atoms with Crippen LogP contribution in [-0.4, -0.2) is 5.78 Å². The lowest BCUT2D eigenvalue weighted by Gasteiger charge is -2.07. The van der Waals surface area contributed by atoms with Crippen LogP contribution in [0.4, 0.5) is 0 Å². The van der Waals surface area contributed by atoms with Gasteiger partial charge in [0.2, 0.25) is 0 Å². The Hall–Kier alpha value is -3.93. The van der Waals surface area contributed by atoms with Gasteiger partial charge in [0.05, 0.1) is 22.3 Å². The van der Waals surface area contributed by atoms with E-state index in [9.17, 15) is 15.3 Å². The molecule has 2 rings (SSSR count).